The lowest BCUT2D eigenvalue weighted by Crippen LogP contribution is -2.37. The molecule has 0 radical (unpaired) electrons. The van der Waals surface area contributed by atoms with Crippen molar-refractivity contribution in [3.63, 3.8) is 0 Å². The van der Waals surface area contributed by atoms with Gasteiger partial charge in [-0.3, -0.25) is 0 Å². The highest BCUT2D eigenvalue weighted by molar-refractivity contribution is 6.35. The summed E-state index contributed by atoms with van der Waals surface area (Å²) in [6, 6.07) is 4.81. The first kappa shape index (κ1) is 17.1. The highest BCUT2D eigenvalue weighted by atomic mass is 35.5. The standard InChI is InChI=1S/C14H20Cl2N2O2/c1-3-20-8-4-7-17-14(19)18-10(2)12-6-5-11(15)9-13(12)16/h5-6,9-10H,3-4,7-8H2,1-2H3,(H2,17,18,19)/t10-/m1/s1. The highest BCUT2D eigenvalue weighted by Crippen LogP contribution is 2.25. The smallest absolute Gasteiger partial charge is 0.315 e. The summed E-state index contributed by atoms with van der Waals surface area (Å²) in [7, 11) is 0. The summed E-state index contributed by atoms with van der Waals surface area (Å²) >= 11 is 11.9. The van der Waals surface area contributed by atoms with Crippen molar-refractivity contribution in [1.29, 1.82) is 0 Å². The third-order valence-electron chi connectivity index (χ3n) is 2.73. The summed E-state index contributed by atoms with van der Waals surface area (Å²) in [5.74, 6) is 0. The van der Waals surface area contributed by atoms with Gasteiger partial charge in [0.15, 0.2) is 0 Å². The number of hydrogen-bond donors (Lipinski definition) is 2. The van der Waals surface area contributed by atoms with Crippen LogP contribution in [0.1, 0.15) is 31.9 Å². The molecular weight excluding hydrogens is 299 g/mol. The molecule has 1 aromatic carbocycles. The lowest BCUT2D eigenvalue weighted by atomic mass is 10.1. The van der Waals surface area contributed by atoms with E-state index in [-0.39, 0.29) is 12.1 Å². The molecule has 2 N–H and O–H groups in total. The first-order chi connectivity index (χ1) is 9.54. The van der Waals surface area contributed by atoms with Crippen molar-refractivity contribution in [2.75, 3.05) is 19.8 Å². The quantitative estimate of drug-likeness (QED) is 0.752. The lowest BCUT2D eigenvalue weighted by molar-refractivity contribution is 0.145. The van der Waals surface area contributed by atoms with Crippen molar-refractivity contribution in [2.24, 2.45) is 0 Å². The molecule has 20 heavy (non-hydrogen) atoms. The fourth-order valence-corrected chi connectivity index (χ4v) is 2.27. The Labute approximate surface area is 129 Å². The maximum atomic E-state index is 11.7. The Kier molecular flexibility index (Phi) is 7.73. The Hall–Kier alpha value is -0.970. The summed E-state index contributed by atoms with van der Waals surface area (Å²) in [6.45, 7) is 5.73. The van der Waals surface area contributed by atoms with Crippen LogP contribution >= 0.6 is 23.2 Å². The van der Waals surface area contributed by atoms with Gasteiger partial charge in [-0.15, -0.1) is 0 Å². The van der Waals surface area contributed by atoms with Gasteiger partial charge in [0, 0.05) is 29.8 Å². The van der Waals surface area contributed by atoms with Crippen LogP contribution in [0.25, 0.3) is 0 Å². The summed E-state index contributed by atoms with van der Waals surface area (Å²) in [5, 5.41) is 6.72. The Balaban J connectivity index is 2.37. The van der Waals surface area contributed by atoms with E-state index in [1.165, 1.54) is 0 Å². The molecule has 0 heterocycles. The first-order valence-corrected chi connectivity index (χ1v) is 7.37. The van der Waals surface area contributed by atoms with Crippen molar-refractivity contribution in [3.8, 4) is 0 Å². The molecule has 0 spiro atoms. The van der Waals surface area contributed by atoms with E-state index in [0.29, 0.717) is 29.8 Å². The number of amides is 2. The van der Waals surface area contributed by atoms with E-state index in [2.05, 4.69) is 10.6 Å². The molecule has 0 unspecified atom stereocenters. The number of hydrogen-bond acceptors (Lipinski definition) is 2. The Morgan fingerprint density at radius 3 is 2.80 bits per heavy atom. The molecule has 0 aromatic heterocycles. The zero-order valence-corrected chi connectivity index (χ0v) is 13.2. The van der Waals surface area contributed by atoms with Crippen LogP contribution in [-0.4, -0.2) is 25.8 Å². The van der Waals surface area contributed by atoms with Gasteiger partial charge in [0.25, 0.3) is 0 Å². The van der Waals surface area contributed by atoms with E-state index in [0.717, 1.165) is 12.0 Å². The molecule has 0 saturated heterocycles. The van der Waals surface area contributed by atoms with Crippen molar-refractivity contribution in [2.45, 2.75) is 26.3 Å². The number of halogens is 2. The summed E-state index contributed by atoms with van der Waals surface area (Å²) < 4.78 is 5.19. The van der Waals surface area contributed by atoms with Gasteiger partial charge in [-0.2, -0.15) is 0 Å². The summed E-state index contributed by atoms with van der Waals surface area (Å²) in [4.78, 5) is 11.7. The molecule has 1 rings (SSSR count). The molecule has 4 nitrogen and oxygen atoms in total. The number of rotatable bonds is 7. The maximum absolute atomic E-state index is 11.7. The van der Waals surface area contributed by atoms with Crippen molar-refractivity contribution < 1.29 is 9.53 Å². The SMILES string of the molecule is CCOCCCNC(=O)N[C@H](C)c1ccc(Cl)cc1Cl. The summed E-state index contributed by atoms with van der Waals surface area (Å²) in [6.07, 6.45) is 0.789. The van der Waals surface area contributed by atoms with Gasteiger partial charge in [-0.1, -0.05) is 29.3 Å². The van der Waals surface area contributed by atoms with E-state index < -0.39 is 0 Å². The number of nitrogens with one attached hydrogen (secondary N) is 2. The van der Waals surface area contributed by atoms with Crippen molar-refractivity contribution >= 4 is 29.2 Å². The van der Waals surface area contributed by atoms with Gasteiger partial charge in [0.2, 0.25) is 0 Å². The van der Waals surface area contributed by atoms with Crippen LogP contribution in [-0.2, 0) is 4.74 Å². The van der Waals surface area contributed by atoms with E-state index in [9.17, 15) is 4.79 Å². The Bertz CT molecular complexity index is 441. The highest BCUT2D eigenvalue weighted by Gasteiger charge is 2.12. The predicted octanol–water partition coefficient (Wildman–Crippen LogP) is 3.78. The van der Waals surface area contributed by atoms with Crippen LogP contribution in [0.3, 0.4) is 0 Å². The minimum atomic E-state index is -0.222. The van der Waals surface area contributed by atoms with Gasteiger partial charge >= 0.3 is 6.03 Å². The molecule has 1 aromatic rings. The van der Waals surface area contributed by atoms with Gasteiger partial charge < -0.3 is 15.4 Å². The van der Waals surface area contributed by atoms with Crippen LogP contribution < -0.4 is 10.6 Å². The maximum Gasteiger partial charge on any atom is 0.315 e. The molecule has 112 valence electrons. The minimum absolute atomic E-state index is 0.188. The van der Waals surface area contributed by atoms with E-state index in [1.807, 2.05) is 19.9 Å². The van der Waals surface area contributed by atoms with Crippen molar-refractivity contribution in [1.82, 2.24) is 10.6 Å². The second-order valence-corrected chi connectivity index (χ2v) is 5.18. The van der Waals surface area contributed by atoms with E-state index in [4.69, 9.17) is 27.9 Å². The number of carbonyl (C=O) groups is 1. The van der Waals surface area contributed by atoms with Crippen LogP contribution in [0.15, 0.2) is 18.2 Å². The summed E-state index contributed by atoms with van der Waals surface area (Å²) in [5.41, 5.74) is 0.834. The number of carbonyl (C=O) groups excluding carboxylic acids is 1. The average Bonchev–Trinajstić information content (AvgIpc) is 2.38. The van der Waals surface area contributed by atoms with Gasteiger partial charge in [-0.25, -0.2) is 4.79 Å². The van der Waals surface area contributed by atoms with Crippen LogP contribution in [0.2, 0.25) is 10.0 Å². The molecule has 0 aliphatic heterocycles. The van der Waals surface area contributed by atoms with Gasteiger partial charge in [0.05, 0.1) is 6.04 Å². The first-order valence-electron chi connectivity index (χ1n) is 6.61. The molecule has 2 amide bonds. The molecule has 6 heteroatoms. The fraction of sp³-hybridized carbons (Fsp3) is 0.500. The van der Waals surface area contributed by atoms with Gasteiger partial charge in [0.1, 0.15) is 0 Å². The molecular formula is C14H20Cl2N2O2. The predicted molar refractivity (Wildman–Crippen MR) is 82.5 cm³/mol. The molecule has 0 bridgehead atoms. The third kappa shape index (κ3) is 5.99. The van der Waals surface area contributed by atoms with Crippen LogP contribution in [0, 0.1) is 0 Å². The molecule has 0 aliphatic rings. The monoisotopic (exact) mass is 318 g/mol. The zero-order valence-electron chi connectivity index (χ0n) is 11.7. The largest absolute Gasteiger partial charge is 0.382 e. The zero-order chi connectivity index (χ0) is 15.0. The minimum Gasteiger partial charge on any atom is -0.382 e. The Morgan fingerprint density at radius 1 is 1.40 bits per heavy atom. The molecule has 0 saturated carbocycles. The average molecular weight is 319 g/mol. The molecule has 0 aliphatic carbocycles. The fourth-order valence-electron chi connectivity index (χ4n) is 1.70. The number of urea groups is 1. The second-order valence-electron chi connectivity index (χ2n) is 4.34. The Morgan fingerprint density at radius 2 is 2.15 bits per heavy atom. The van der Waals surface area contributed by atoms with Crippen molar-refractivity contribution in [3.05, 3.63) is 33.8 Å². The van der Waals surface area contributed by atoms with Crippen LogP contribution in [0.5, 0.6) is 0 Å². The second kappa shape index (κ2) is 9.06. The molecule has 0 fully saturated rings. The third-order valence-corrected chi connectivity index (χ3v) is 3.29. The normalized spacial score (nSPS) is 12.0. The van der Waals surface area contributed by atoms with E-state index >= 15 is 0 Å². The number of ether oxygens (including phenoxy) is 1. The van der Waals surface area contributed by atoms with E-state index in [1.54, 1.807) is 12.1 Å². The lowest BCUT2D eigenvalue weighted by Gasteiger charge is -2.16. The number of benzene rings is 1. The van der Waals surface area contributed by atoms with Gasteiger partial charge in [-0.05, 0) is 38.0 Å². The topological polar surface area (TPSA) is 50.4 Å². The molecule has 1 atom stereocenters. The van der Waals surface area contributed by atoms with Crippen LogP contribution in [0.4, 0.5) is 4.79 Å².